The van der Waals surface area contributed by atoms with Gasteiger partial charge in [0.15, 0.2) is 0 Å². The molecule has 0 saturated carbocycles. The van der Waals surface area contributed by atoms with Crippen molar-refractivity contribution in [3.63, 3.8) is 0 Å². The number of benzene rings is 1. The van der Waals surface area contributed by atoms with Crippen LogP contribution < -0.4 is 5.73 Å². The van der Waals surface area contributed by atoms with Crippen LogP contribution in [0.4, 0.5) is 0 Å². The van der Waals surface area contributed by atoms with Crippen LogP contribution in [0.2, 0.25) is 0 Å². The fourth-order valence-corrected chi connectivity index (χ4v) is 2.07. The molecule has 1 atom stereocenters. The van der Waals surface area contributed by atoms with Crippen molar-refractivity contribution in [1.82, 2.24) is 9.55 Å². The Morgan fingerprint density at radius 3 is 2.94 bits per heavy atom. The topological polar surface area (TPSA) is 43.8 Å². The van der Waals surface area contributed by atoms with E-state index in [-0.39, 0.29) is 6.04 Å². The highest BCUT2D eigenvalue weighted by Gasteiger charge is 2.08. The summed E-state index contributed by atoms with van der Waals surface area (Å²) in [5.74, 6) is 0. The SMILES string of the molecule is CSc1cccc(-n2cncc2C(C)N)c1. The van der Waals surface area contributed by atoms with Gasteiger partial charge in [0.25, 0.3) is 0 Å². The average Bonchev–Trinajstić information content (AvgIpc) is 2.78. The molecule has 0 spiro atoms. The molecule has 2 aromatic rings. The maximum Gasteiger partial charge on any atom is 0.0994 e. The van der Waals surface area contributed by atoms with Gasteiger partial charge >= 0.3 is 0 Å². The first-order valence-corrected chi connectivity index (χ1v) is 6.37. The van der Waals surface area contributed by atoms with Gasteiger partial charge in [0.1, 0.15) is 0 Å². The van der Waals surface area contributed by atoms with Gasteiger partial charge in [-0.3, -0.25) is 0 Å². The van der Waals surface area contributed by atoms with E-state index >= 15 is 0 Å². The second-order valence-electron chi connectivity index (χ2n) is 3.68. The van der Waals surface area contributed by atoms with Gasteiger partial charge in [0.2, 0.25) is 0 Å². The van der Waals surface area contributed by atoms with E-state index < -0.39 is 0 Å². The minimum atomic E-state index is -0.0135. The van der Waals surface area contributed by atoms with E-state index in [2.05, 4.69) is 29.4 Å². The van der Waals surface area contributed by atoms with Crippen molar-refractivity contribution in [2.45, 2.75) is 17.9 Å². The third-order valence-electron chi connectivity index (χ3n) is 2.47. The van der Waals surface area contributed by atoms with Crippen LogP contribution in [-0.2, 0) is 0 Å². The lowest BCUT2D eigenvalue weighted by Gasteiger charge is -2.11. The maximum atomic E-state index is 5.90. The lowest BCUT2D eigenvalue weighted by molar-refractivity contribution is 0.752. The normalized spacial score (nSPS) is 12.7. The second-order valence-corrected chi connectivity index (χ2v) is 4.56. The minimum Gasteiger partial charge on any atom is -0.323 e. The first-order valence-electron chi connectivity index (χ1n) is 5.14. The zero-order chi connectivity index (χ0) is 11.5. The molecule has 0 aliphatic rings. The molecule has 3 nitrogen and oxygen atoms in total. The number of nitrogens with zero attached hydrogens (tertiary/aromatic N) is 2. The average molecular weight is 233 g/mol. The fraction of sp³-hybridized carbons (Fsp3) is 0.250. The molecule has 0 fully saturated rings. The Labute approximate surface area is 99.7 Å². The summed E-state index contributed by atoms with van der Waals surface area (Å²) < 4.78 is 2.03. The van der Waals surface area contributed by atoms with Crippen LogP contribution in [-0.4, -0.2) is 15.8 Å². The molecule has 1 unspecified atom stereocenters. The molecular weight excluding hydrogens is 218 g/mol. The molecule has 84 valence electrons. The van der Waals surface area contributed by atoms with Crippen LogP contribution in [0.5, 0.6) is 0 Å². The van der Waals surface area contributed by atoms with Crippen LogP contribution in [0.25, 0.3) is 5.69 Å². The summed E-state index contributed by atoms with van der Waals surface area (Å²) in [5, 5.41) is 0. The molecule has 0 radical (unpaired) electrons. The van der Waals surface area contributed by atoms with E-state index in [0.29, 0.717) is 0 Å². The minimum absolute atomic E-state index is 0.0135. The molecular formula is C12H15N3S. The van der Waals surface area contributed by atoms with Gasteiger partial charge in [0.05, 0.1) is 18.2 Å². The van der Waals surface area contributed by atoms with Crippen LogP contribution in [0, 0.1) is 0 Å². The number of hydrogen-bond donors (Lipinski definition) is 1. The van der Waals surface area contributed by atoms with Crippen LogP contribution in [0.15, 0.2) is 41.7 Å². The summed E-state index contributed by atoms with van der Waals surface area (Å²) in [4.78, 5) is 5.39. The summed E-state index contributed by atoms with van der Waals surface area (Å²) in [6, 6.07) is 8.33. The monoisotopic (exact) mass is 233 g/mol. The predicted molar refractivity (Wildman–Crippen MR) is 67.9 cm³/mol. The number of aromatic nitrogens is 2. The van der Waals surface area contributed by atoms with Gasteiger partial charge in [-0.15, -0.1) is 11.8 Å². The summed E-state index contributed by atoms with van der Waals surface area (Å²) in [5.41, 5.74) is 8.03. The van der Waals surface area contributed by atoms with E-state index in [1.54, 1.807) is 18.1 Å². The van der Waals surface area contributed by atoms with Crippen molar-refractivity contribution in [1.29, 1.82) is 0 Å². The molecule has 1 aromatic carbocycles. The third-order valence-corrected chi connectivity index (χ3v) is 3.19. The van der Waals surface area contributed by atoms with Crippen molar-refractivity contribution in [2.75, 3.05) is 6.26 Å². The van der Waals surface area contributed by atoms with Crippen molar-refractivity contribution in [3.05, 3.63) is 42.5 Å². The summed E-state index contributed by atoms with van der Waals surface area (Å²) in [7, 11) is 0. The molecule has 2 rings (SSSR count). The van der Waals surface area contributed by atoms with Gasteiger partial charge in [-0.2, -0.15) is 0 Å². The Balaban J connectivity index is 2.46. The van der Waals surface area contributed by atoms with Crippen molar-refractivity contribution >= 4 is 11.8 Å². The largest absolute Gasteiger partial charge is 0.323 e. The molecule has 1 heterocycles. The number of nitrogens with two attached hydrogens (primary N) is 1. The van der Waals surface area contributed by atoms with Crippen molar-refractivity contribution in [3.8, 4) is 5.69 Å². The maximum absolute atomic E-state index is 5.90. The molecule has 0 amide bonds. The van der Waals surface area contributed by atoms with E-state index in [4.69, 9.17) is 5.73 Å². The number of thioether (sulfide) groups is 1. The molecule has 0 bridgehead atoms. The van der Waals surface area contributed by atoms with Crippen molar-refractivity contribution in [2.24, 2.45) is 5.73 Å². The summed E-state index contributed by atoms with van der Waals surface area (Å²) in [6.07, 6.45) is 5.69. The van der Waals surface area contributed by atoms with Gasteiger partial charge in [-0.1, -0.05) is 6.07 Å². The number of rotatable bonds is 3. The molecule has 2 N–H and O–H groups in total. The predicted octanol–water partition coefficient (Wildman–Crippen LogP) is 2.61. The van der Waals surface area contributed by atoms with Gasteiger partial charge in [-0.25, -0.2) is 4.98 Å². The third kappa shape index (κ3) is 2.13. The second kappa shape index (κ2) is 4.72. The number of hydrogen-bond acceptors (Lipinski definition) is 3. The molecule has 4 heteroatoms. The van der Waals surface area contributed by atoms with E-state index in [9.17, 15) is 0 Å². The van der Waals surface area contributed by atoms with Crippen LogP contribution in [0.1, 0.15) is 18.7 Å². The highest BCUT2D eigenvalue weighted by Crippen LogP contribution is 2.21. The molecule has 0 saturated heterocycles. The first kappa shape index (κ1) is 11.2. The Kier molecular flexibility index (Phi) is 3.31. The van der Waals surface area contributed by atoms with E-state index in [0.717, 1.165) is 11.4 Å². The zero-order valence-electron chi connectivity index (χ0n) is 9.42. The lowest BCUT2D eigenvalue weighted by Crippen LogP contribution is -2.10. The smallest absolute Gasteiger partial charge is 0.0994 e. The van der Waals surface area contributed by atoms with Crippen LogP contribution >= 0.6 is 11.8 Å². The molecule has 0 aliphatic carbocycles. The van der Waals surface area contributed by atoms with Gasteiger partial charge < -0.3 is 10.3 Å². The first-order chi connectivity index (χ1) is 7.72. The Hall–Kier alpha value is -1.26. The highest BCUT2D eigenvalue weighted by molar-refractivity contribution is 7.98. The van der Waals surface area contributed by atoms with Crippen molar-refractivity contribution < 1.29 is 0 Å². The van der Waals surface area contributed by atoms with Gasteiger partial charge in [0, 0.05) is 16.6 Å². The Morgan fingerprint density at radius 2 is 2.25 bits per heavy atom. The Morgan fingerprint density at radius 1 is 1.44 bits per heavy atom. The fourth-order valence-electron chi connectivity index (χ4n) is 1.62. The van der Waals surface area contributed by atoms with E-state index in [1.165, 1.54) is 4.90 Å². The molecule has 16 heavy (non-hydrogen) atoms. The lowest BCUT2D eigenvalue weighted by atomic mass is 10.2. The molecule has 1 aromatic heterocycles. The van der Waals surface area contributed by atoms with Crippen LogP contribution in [0.3, 0.4) is 0 Å². The van der Waals surface area contributed by atoms with E-state index in [1.807, 2.05) is 23.8 Å². The van der Waals surface area contributed by atoms with Gasteiger partial charge in [-0.05, 0) is 31.4 Å². The standard InChI is InChI=1S/C12H15N3S/c1-9(13)12-7-14-8-15(12)10-4-3-5-11(6-10)16-2/h3-9H,13H2,1-2H3. The summed E-state index contributed by atoms with van der Waals surface area (Å²) in [6.45, 7) is 1.96. The quantitative estimate of drug-likeness (QED) is 0.829. The number of imidazole rings is 1. The summed E-state index contributed by atoms with van der Waals surface area (Å²) >= 11 is 1.73. The molecule has 0 aliphatic heterocycles. The highest BCUT2D eigenvalue weighted by atomic mass is 32.2. The zero-order valence-corrected chi connectivity index (χ0v) is 10.2. The Bertz CT molecular complexity index is 477.